The summed E-state index contributed by atoms with van der Waals surface area (Å²) in [7, 11) is 0. The molecular weight excluding hydrogens is 219 g/mol. The van der Waals surface area contributed by atoms with Crippen molar-refractivity contribution in [2.45, 2.75) is 13.5 Å². The van der Waals surface area contributed by atoms with E-state index in [1.165, 1.54) is 6.07 Å². The van der Waals surface area contributed by atoms with Gasteiger partial charge in [-0.3, -0.25) is 4.98 Å². The molecule has 4 nitrogen and oxygen atoms in total. The average Bonchev–Trinajstić information content (AvgIpc) is 2.34. The molecule has 0 unspecified atom stereocenters. The lowest BCUT2D eigenvalue weighted by Crippen LogP contribution is -2.37. The van der Waals surface area contributed by atoms with E-state index in [1.807, 2.05) is 6.92 Å². The van der Waals surface area contributed by atoms with Crippen LogP contribution in [0.25, 0.3) is 0 Å². The topological polar surface area (TPSA) is 49.3 Å². The van der Waals surface area contributed by atoms with Gasteiger partial charge in [-0.15, -0.1) is 6.58 Å². The van der Waals surface area contributed by atoms with Gasteiger partial charge in [-0.1, -0.05) is 6.08 Å². The zero-order valence-corrected chi connectivity index (χ0v) is 9.91. The fourth-order valence-corrected chi connectivity index (χ4v) is 1.20. The van der Waals surface area contributed by atoms with E-state index in [9.17, 15) is 4.39 Å². The van der Waals surface area contributed by atoms with Gasteiger partial charge >= 0.3 is 0 Å². The number of nitrogens with zero attached hydrogens (tertiary/aromatic N) is 2. The maximum absolute atomic E-state index is 13.3. The Kier molecular flexibility index (Phi) is 5.71. The molecule has 0 saturated carbocycles. The summed E-state index contributed by atoms with van der Waals surface area (Å²) in [4.78, 5) is 8.16. The highest BCUT2D eigenvalue weighted by atomic mass is 19.1. The molecule has 0 spiro atoms. The zero-order valence-electron chi connectivity index (χ0n) is 9.91. The molecule has 0 aliphatic carbocycles. The third-order valence-corrected chi connectivity index (χ3v) is 1.98. The van der Waals surface area contributed by atoms with Crippen molar-refractivity contribution < 1.29 is 4.39 Å². The number of hydrogen-bond acceptors (Lipinski definition) is 2. The van der Waals surface area contributed by atoms with Crippen LogP contribution in [0.2, 0.25) is 0 Å². The van der Waals surface area contributed by atoms with Crippen molar-refractivity contribution in [3.63, 3.8) is 0 Å². The van der Waals surface area contributed by atoms with Crippen molar-refractivity contribution in [2.24, 2.45) is 4.99 Å². The van der Waals surface area contributed by atoms with E-state index in [2.05, 4.69) is 27.2 Å². The maximum atomic E-state index is 13.3. The number of rotatable bonds is 5. The molecule has 1 heterocycles. The van der Waals surface area contributed by atoms with Crippen LogP contribution in [-0.4, -0.2) is 24.0 Å². The SMILES string of the molecule is C=CCNC(=NCc1ncccc1F)NCC. The molecule has 0 aliphatic rings. The molecule has 0 fully saturated rings. The van der Waals surface area contributed by atoms with Gasteiger partial charge in [0.1, 0.15) is 5.82 Å². The molecule has 92 valence electrons. The Bertz CT molecular complexity index is 390. The standard InChI is InChI=1S/C12H17FN4/c1-3-7-16-12(14-4-2)17-9-11-10(13)6-5-8-15-11/h3,5-6,8H,1,4,7,9H2,2H3,(H2,14,16,17). The number of halogens is 1. The van der Waals surface area contributed by atoms with Crippen LogP contribution in [0.3, 0.4) is 0 Å². The van der Waals surface area contributed by atoms with E-state index in [4.69, 9.17) is 0 Å². The molecule has 1 rings (SSSR count). The molecule has 1 aromatic heterocycles. The Morgan fingerprint density at radius 1 is 1.59 bits per heavy atom. The molecule has 1 aromatic rings. The molecule has 0 aliphatic heterocycles. The predicted molar refractivity (Wildman–Crippen MR) is 67.2 cm³/mol. The minimum absolute atomic E-state index is 0.207. The molecule has 0 atom stereocenters. The molecule has 5 heteroatoms. The van der Waals surface area contributed by atoms with Crippen LogP contribution < -0.4 is 10.6 Å². The van der Waals surface area contributed by atoms with Gasteiger partial charge in [0, 0.05) is 19.3 Å². The van der Waals surface area contributed by atoms with E-state index in [1.54, 1.807) is 18.3 Å². The third-order valence-electron chi connectivity index (χ3n) is 1.98. The van der Waals surface area contributed by atoms with Crippen LogP contribution in [0, 0.1) is 5.82 Å². The quantitative estimate of drug-likeness (QED) is 0.462. The number of nitrogens with one attached hydrogen (secondary N) is 2. The average molecular weight is 236 g/mol. The Balaban J connectivity index is 2.64. The van der Waals surface area contributed by atoms with Crippen LogP contribution >= 0.6 is 0 Å². The predicted octanol–water partition coefficient (Wildman–Crippen LogP) is 1.46. The fourth-order valence-electron chi connectivity index (χ4n) is 1.20. The fraction of sp³-hybridized carbons (Fsp3) is 0.333. The van der Waals surface area contributed by atoms with Gasteiger partial charge in [-0.25, -0.2) is 9.38 Å². The van der Waals surface area contributed by atoms with Gasteiger partial charge in [-0.05, 0) is 19.1 Å². The monoisotopic (exact) mass is 236 g/mol. The molecule has 0 aromatic carbocycles. The number of hydrogen-bond donors (Lipinski definition) is 2. The second-order valence-electron chi connectivity index (χ2n) is 3.30. The second kappa shape index (κ2) is 7.38. The highest BCUT2D eigenvalue weighted by Crippen LogP contribution is 2.03. The first-order valence-electron chi connectivity index (χ1n) is 5.50. The maximum Gasteiger partial charge on any atom is 0.191 e. The first-order chi connectivity index (χ1) is 8.27. The highest BCUT2D eigenvalue weighted by Gasteiger charge is 2.01. The first kappa shape index (κ1) is 13.2. The number of aromatic nitrogens is 1. The summed E-state index contributed by atoms with van der Waals surface area (Å²) in [5.74, 6) is 0.285. The van der Waals surface area contributed by atoms with Gasteiger partial charge in [0.05, 0.1) is 12.2 Å². The van der Waals surface area contributed by atoms with Crippen LogP contribution in [0.4, 0.5) is 4.39 Å². The van der Waals surface area contributed by atoms with Gasteiger partial charge in [0.2, 0.25) is 0 Å². The second-order valence-corrected chi connectivity index (χ2v) is 3.30. The molecule has 17 heavy (non-hydrogen) atoms. The van der Waals surface area contributed by atoms with Crippen LogP contribution in [-0.2, 0) is 6.54 Å². The summed E-state index contributed by atoms with van der Waals surface area (Å²) in [6.45, 7) is 7.13. The van der Waals surface area contributed by atoms with Crippen LogP contribution in [0.15, 0.2) is 36.0 Å². The van der Waals surface area contributed by atoms with Crippen molar-refractivity contribution in [2.75, 3.05) is 13.1 Å². The normalized spacial score (nSPS) is 11.1. The molecule has 2 N–H and O–H groups in total. The Hall–Kier alpha value is -1.91. The van der Waals surface area contributed by atoms with E-state index >= 15 is 0 Å². The van der Waals surface area contributed by atoms with Gasteiger partial charge in [0.25, 0.3) is 0 Å². The molecule has 0 bridgehead atoms. The van der Waals surface area contributed by atoms with Crippen molar-refractivity contribution in [1.82, 2.24) is 15.6 Å². The van der Waals surface area contributed by atoms with Crippen molar-refractivity contribution in [3.05, 3.63) is 42.5 Å². The largest absolute Gasteiger partial charge is 0.357 e. The minimum Gasteiger partial charge on any atom is -0.357 e. The Labute approximate surface area is 101 Å². The van der Waals surface area contributed by atoms with E-state index in [-0.39, 0.29) is 12.4 Å². The summed E-state index contributed by atoms with van der Waals surface area (Å²) in [5, 5.41) is 6.08. The van der Waals surface area contributed by atoms with Crippen molar-refractivity contribution in [3.8, 4) is 0 Å². The number of guanidine groups is 1. The minimum atomic E-state index is -0.337. The Morgan fingerprint density at radius 3 is 3.06 bits per heavy atom. The lowest BCUT2D eigenvalue weighted by atomic mass is 10.3. The van der Waals surface area contributed by atoms with Crippen molar-refractivity contribution in [1.29, 1.82) is 0 Å². The van der Waals surface area contributed by atoms with E-state index in [0.29, 0.717) is 18.2 Å². The van der Waals surface area contributed by atoms with E-state index in [0.717, 1.165) is 6.54 Å². The van der Waals surface area contributed by atoms with Crippen molar-refractivity contribution >= 4 is 5.96 Å². The lowest BCUT2D eigenvalue weighted by molar-refractivity contribution is 0.599. The molecule has 0 saturated heterocycles. The summed E-state index contributed by atoms with van der Waals surface area (Å²) >= 11 is 0. The first-order valence-corrected chi connectivity index (χ1v) is 5.50. The zero-order chi connectivity index (χ0) is 12.5. The van der Waals surface area contributed by atoms with E-state index < -0.39 is 0 Å². The summed E-state index contributed by atoms with van der Waals surface area (Å²) < 4.78 is 13.3. The molecule has 0 radical (unpaired) electrons. The molecular formula is C12H17FN4. The summed E-state index contributed by atoms with van der Waals surface area (Å²) in [6.07, 6.45) is 3.28. The Morgan fingerprint density at radius 2 is 2.41 bits per heavy atom. The highest BCUT2D eigenvalue weighted by molar-refractivity contribution is 5.79. The van der Waals surface area contributed by atoms with Gasteiger partial charge in [0.15, 0.2) is 5.96 Å². The van der Waals surface area contributed by atoms with Gasteiger partial charge < -0.3 is 10.6 Å². The summed E-state index contributed by atoms with van der Waals surface area (Å²) in [6, 6.07) is 2.94. The summed E-state index contributed by atoms with van der Waals surface area (Å²) in [5.41, 5.74) is 0.336. The van der Waals surface area contributed by atoms with Crippen LogP contribution in [0.5, 0.6) is 0 Å². The van der Waals surface area contributed by atoms with Crippen LogP contribution in [0.1, 0.15) is 12.6 Å². The third kappa shape index (κ3) is 4.63. The lowest BCUT2D eigenvalue weighted by Gasteiger charge is -2.09. The molecule has 0 amide bonds. The number of aliphatic imine (C=N–C) groups is 1. The van der Waals surface area contributed by atoms with Gasteiger partial charge in [-0.2, -0.15) is 0 Å². The number of pyridine rings is 1. The smallest absolute Gasteiger partial charge is 0.191 e.